The van der Waals surface area contributed by atoms with Crippen LogP contribution in [0.25, 0.3) is 0 Å². The molecule has 0 radical (unpaired) electrons. The Morgan fingerprint density at radius 2 is 2.18 bits per heavy atom. The Kier molecular flexibility index (Phi) is 3.46. The number of benzene rings is 1. The first-order valence-electron chi connectivity index (χ1n) is 6.44. The maximum absolute atomic E-state index is 6.12. The highest BCUT2D eigenvalue weighted by Crippen LogP contribution is 2.38. The first-order chi connectivity index (χ1) is 8.14. The van der Waals surface area contributed by atoms with E-state index in [0.29, 0.717) is 6.61 Å². The van der Waals surface area contributed by atoms with Gasteiger partial charge in [0, 0.05) is 5.54 Å². The SMILES string of the molecule is CCCOc1cccc(NC2(C)CCC2)c1N. The van der Waals surface area contributed by atoms with E-state index in [4.69, 9.17) is 10.5 Å². The van der Waals surface area contributed by atoms with Gasteiger partial charge in [-0.15, -0.1) is 0 Å². The summed E-state index contributed by atoms with van der Waals surface area (Å²) in [4.78, 5) is 0. The topological polar surface area (TPSA) is 47.3 Å². The molecule has 3 N–H and O–H groups in total. The molecule has 3 heteroatoms. The molecule has 0 aromatic heterocycles. The van der Waals surface area contributed by atoms with E-state index in [9.17, 15) is 0 Å². The summed E-state index contributed by atoms with van der Waals surface area (Å²) in [5.41, 5.74) is 8.07. The largest absolute Gasteiger partial charge is 0.491 e. The molecule has 0 heterocycles. The van der Waals surface area contributed by atoms with Crippen molar-refractivity contribution in [3.63, 3.8) is 0 Å². The lowest BCUT2D eigenvalue weighted by Gasteiger charge is -2.40. The van der Waals surface area contributed by atoms with Crippen molar-refractivity contribution in [1.82, 2.24) is 0 Å². The second-order valence-electron chi connectivity index (χ2n) is 5.11. The smallest absolute Gasteiger partial charge is 0.144 e. The van der Waals surface area contributed by atoms with Gasteiger partial charge in [0.15, 0.2) is 0 Å². The molecule has 0 spiro atoms. The third-order valence-electron chi connectivity index (χ3n) is 3.42. The van der Waals surface area contributed by atoms with E-state index in [1.165, 1.54) is 19.3 Å². The monoisotopic (exact) mass is 234 g/mol. The van der Waals surface area contributed by atoms with E-state index < -0.39 is 0 Å². The fourth-order valence-electron chi connectivity index (χ4n) is 2.15. The molecule has 0 aliphatic heterocycles. The van der Waals surface area contributed by atoms with Crippen molar-refractivity contribution in [2.45, 2.75) is 45.1 Å². The summed E-state index contributed by atoms with van der Waals surface area (Å²) < 4.78 is 5.63. The zero-order valence-corrected chi connectivity index (χ0v) is 10.8. The average Bonchev–Trinajstić information content (AvgIpc) is 2.28. The van der Waals surface area contributed by atoms with E-state index in [0.717, 1.165) is 23.5 Å². The lowest BCUT2D eigenvalue weighted by Crippen LogP contribution is -2.41. The van der Waals surface area contributed by atoms with Crippen LogP contribution in [-0.2, 0) is 0 Å². The van der Waals surface area contributed by atoms with Crippen molar-refractivity contribution < 1.29 is 4.74 Å². The number of anilines is 2. The van der Waals surface area contributed by atoms with Crippen LogP contribution in [0.2, 0.25) is 0 Å². The van der Waals surface area contributed by atoms with Gasteiger partial charge < -0.3 is 15.8 Å². The summed E-state index contributed by atoms with van der Waals surface area (Å²) in [6.07, 6.45) is 4.73. The van der Waals surface area contributed by atoms with Crippen LogP contribution in [-0.4, -0.2) is 12.1 Å². The van der Waals surface area contributed by atoms with Crippen LogP contribution >= 0.6 is 0 Å². The van der Waals surface area contributed by atoms with E-state index in [-0.39, 0.29) is 5.54 Å². The molecular formula is C14H22N2O. The minimum Gasteiger partial charge on any atom is -0.491 e. The molecule has 0 saturated heterocycles. The molecule has 1 aromatic carbocycles. The normalized spacial score (nSPS) is 17.3. The summed E-state index contributed by atoms with van der Waals surface area (Å²) in [5, 5.41) is 3.53. The zero-order valence-electron chi connectivity index (χ0n) is 10.8. The summed E-state index contributed by atoms with van der Waals surface area (Å²) >= 11 is 0. The van der Waals surface area contributed by atoms with Crippen molar-refractivity contribution in [2.75, 3.05) is 17.7 Å². The molecule has 0 atom stereocenters. The first kappa shape index (κ1) is 12.1. The molecule has 1 fully saturated rings. The average molecular weight is 234 g/mol. The molecular weight excluding hydrogens is 212 g/mol. The van der Waals surface area contributed by atoms with Crippen LogP contribution in [0.4, 0.5) is 11.4 Å². The van der Waals surface area contributed by atoms with Gasteiger partial charge in [0.2, 0.25) is 0 Å². The number of rotatable bonds is 5. The van der Waals surface area contributed by atoms with E-state index in [1.807, 2.05) is 18.2 Å². The van der Waals surface area contributed by atoms with Gasteiger partial charge in [-0.25, -0.2) is 0 Å². The van der Waals surface area contributed by atoms with Gasteiger partial charge >= 0.3 is 0 Å². The Morgan fingerprint density at radius 3 is 2.76 bits per heavy atom. The predicted octanol–water partition coefficient (Wildman–Crippen LogP) is 3.41. The maximum Gasteiger partial charge on any atom is 0.144 e. The predicted molar refractivity (Wildman–Crippen MR) is 72.5 cm³/mol. The number of ether oxygens (including phenoxy) is 1. The van der Waals surface area contributed by atoms with Crippen molar-refractivity contribution in [3.05, 3.63) is 18.2 Å². The molecule has 3 nitrogen and oxygen atoms in total. The number of para-hydroxylation sites is 1. The minimum atomic E-state index is 0.220. The van der Waals surface area contributed by atoms with Gasteiger partial charge in [0.25, 0.3) is 0 Å². The zero-order chi connectivity index (χ0) is 12.3. The highest BCUT2D eigenvalue weighted by atomic mass is 16.5. The molecule has 1 saturated carbocycles. The molecule has 1 aliphatic rings. The van der Waals surface area contributed by atoms with Crippen LogP contribution < -0.4 is 15.8 Å². The van der Waals surface area contributed by atoms with Crippen molar-refractivity contribution in [2.24, 2.45) is 0 Å². The first-order valence-corrected chi connectivity index (χ1v) is 6.44. The standard InChI is InChI=1S/C14H22N2O/c1-3-10-17-12-7-4-6-11(13(12)15)16-14(2)8-5-9-14/h4,6-7,16H,3,5,8-10,15H2,1-2H3. The number of hydrogen-bond acceptors (Lipinski definition) is 3. The molecule has 0 bridgehead atoms. The van der Waals surface area contributed by atoms with Crippen LogP contribution in [0.3, 0.4) is 0 Å². The summed E-state index contributed by atoms with van der Waals surface area (Å²) in [5.74, 6) is 0.791. The fraction of sp³-hybridized carbons (Fsp3) is 0.571. The molecule has 94 valence electrons. The number of hydrogen-bond donors (Lipinski definition) is 2. The van der Waals surface area contributed by atoms with Gasteiger partial charge in [-0.2, -0.15) is 0 Å². The lowest BCUT2D eigenvalue weighted by molar-refractivity contribution is 0.305. The van der Waals surface area contributed by atoms with Crippen LogP contribution in [0.1, 0.15) is 39.5 Å². The van der Waals surface area contributed by atoms with Crippen LogP contribution in [0.5, 0.6) is 5.75 Å². The van der Waals surface area contributed by atoms with Gasteiger partial charge in [-0.3, -0.25) is 0 Å². The van der Waals surface area contributed by atoms with E-state index >= 15 is 0 Å². The summed E-state index contributed by atoms with van der Waals surface area (Å²) in [7, 11) is 0. The molecule has 0 amide bonds. The molecule has 0 unspecified atom stereocenters. The van der Waals surface area contributed by atoms with Gasteiger partial charge in [-0.05, 0) is 44.7 Å². The Bertz CT molecular complexity index is 386. The van der Waals surface area contributed by atoms with Crippen molar-refractivity contribution in [1.29, 1.82) is 0 Å². The third-order valence-corrected chi connectivity index (χ3v) is 3.42. The van der Waals surface area contributed by atoms with Crippen LogP contribution in [0, 0.1) is 0 Å². The quantitative estimate of drug-likeness (QED) is 0.767. The van der Waals surface area contributed by atoms with E-state index in [1.54, 1.807) is 0 Å². The molecule has 17 heavy (non-hydrogen) atoms. The summed E-state index contributed by atoms with van der Waals surface area (Å²) in [6.45, 7) is 5.05. The van der Waals surface area contributed by atoms with Crippen molar-refractivity contribution in [3.8, 4) is 5.75 Å². The Morgan fingerprint density at radius 1 is 1.41 bits per heavy atom. The highest BCUT2D eigenvalue weighted by molar-refractivity contribution is 5.73. The Balaban J connectivity index is 2.11. The van der Waals surface area contributed by atoms with E-state index in [2.05, 4.69) is 19.2 Å². The lowest BCUT2D eigenvalue weighted by atomic mass is 9.78. The van der Waals surface area contributed by atoms with Crippen LogP contribution in [0.15, 0.2) is 18.2 Å². The Hall–Kier alpha value is -1.38. The molecule has 2 rings (SSSR count). The number of nitrogens with one attached hydrogen (secondary N) is 1. The second kappa shape index (κ2) is 4.86. The van der Waals surface area contributed by atoms with Gasteiger partial charge in [0.1, 0.15) is 5.75 Å². The maximum atomic E-state index is 6.12. The Labute approximate surface area is 103 Å². The third kappa shape index (κ3) is 2.65. The summed E-state index contributed by atoms with van der Waals surface area (Å²) in [6, 6.07) is 5.95. The minimum absolute atomic E-state index is 0.220. The molecule has 1 aromatic rings. The number of nitrogen functional groups attached to an aromatic ring is 1. The number of nitrogens with two attached hydrogens (primary N) is 1. The second-order valence-corrected chi connectivity index (χ2v) is 5.11. The van der Waals surface area contributed by atoms with Gasteiger partial charge in [-0.1, -0.05) is 13.0 Å². The fourth-order valence-corrected chi connectivity index (χ4v) is 2.15. The van der Waals surface area contributed by atoms with Crippen molar-refractivity contribution >= 4 is 11.4 Å². The molecule has 1 aliphatic carbocycles. The highest BCUT2D eigenvalue weighted by Gasteiger charge is 2.31. The van der Waals surface area contributed by atoms with Gasteiger partial charge in [0.05, 0.1) is 18.0 Å².